The molecule has 54 valence electrons. The van der Waals surface area contributed by atoms with E-state index in [9.17, 15) is 0 Å². The van der Waals surface area contributed by atoms with Crippen molar-refractivity contribution in [3.8, 4) is 6.07 Å². The van der Waals surface area contributed by atoms with Crippen LogP contribution in [0, 0.1) is 11.3 Å². The van der Waals surface area contributed by atoms with E-state index in [-0.39, 0.29) is 6.04 Å². The third-order valence-electron chi connectivity index (χ3n) is 1.68. The molecule has 1 fully saturated rings. The van der Waals surface area contributed by atoms with Crippen LogP contribution in [0.5, 0.6) is 0 Å². The van der Waals surface area contributed by atoms with Gasteiger partial charge in [0.1, 0.15) is 6.04 Å². The zero-order chi connectivity index (χ0) is 7.40. The standard InChI is InChI=1S/C8H12N2/c1-2-3-4-5-10-7-8(10)6-9/h2-3,8H,4-5,7H2,1H3/b3-2+. The van der Waals surface area contributed by atoms with Crippen molar-refractivity contribution in [3.05, 3.63) is 12.2 Å². The Hall–Kier alpha value is -0.810. The predicted molar refractivity (Wildman–Crippen MR) is 40.4 cm³/mol. The maximum absolute atomic E-state index is 8.42. The minimum absolute atomic E-state index is 0.227. The summed E-state index contributed by atoms with van der Waals surface area (Å²) < 4.78 is 0. The Morgan fingerprint density at radius 3 is 3.10 bits per heavy atom. The molecule has 1 rings (SSSR count). The van der Waals surface area contributed by atoms with E-state index < -0.39 is 0 Å². The quantitative estimate of drug-likeness (QED) is 0.430. The highest BCUT2D eigenvalue weighted by molar-refractivity contribution is 5.05. The van der Waals surface area contributed by atoms with Crippen LogP contribution in [0.2, 0.25) is 0 Å². The van der Waals surface area contributed by atoms with Gasteiger partial charge in [-0.15, -0.1) is 0 Å². The summed E-state index contributed by atoms with van der Waals surface area (Å²) in [5.74, 6) is 0. The first-order valence-corrected chi connectivity index (χ1v) is 3.63. The molecule has 1 saturated heterocycles. The molecule has 2 atom stereocenters. The zero-order valence-corrected chi connectivity index (χ0v) is 6.25. The fourth-order valence-electron chi connectivity index (χ4n) is 0.952. The first-order chi connectivity index (χ1) is 4.88. The van der Waals surface area contributed by atoms with Crippen LogP contribution in [0.25, 0.3) is 0 Å². The van der Waals surface area contributed by atoms with E-state index in [4.69, 9.17) is 5.26 Å². The van der Waals surface area contributed by atoms with Gasteiger partial charge in [0.15, 0.2) is 0 Å². The Morgan fingerprint density at radius 2 is 2.60 bits per heavy atom. The van der Waals surface area contributed by atoms with Crippen molar-refractivity contribution in [2.24, 2.45) is 0 Å². The maximum atomic E-state index is 8.42. The molecule has 0 N–H and O–H groups in total. The fourth-order valence-corrected chi connectivity index (χ4v) is 0.952. The lowest BCUT2D eigenvalue weighted by Gasteiger charge is -1.93. The van der Waals surface area contributed by atoms with E-state index in [0.717, 1.165) is 19.5 Å². The molecule has 0 radical (unpaired) electrons. The summed E-state index contributed by atoms with van der Waals surface area (Å²) in [5, 5.41) is 8.42. The van der Waals surface area contributed by atoms with E-state index >= 15 is 0 Å². The van der Waals surface area contributed by atoms with Crippen LogP contribution in [0.4, 0.5) is 0 Å². The van der Waals surface area contributed by atoms with Crippen LogP contribution in [0.1, 0.15) is 13.3 Å². The molecule has 10 heavy (non-hydrogen) atoms. The van der Waals surface area contributed by atoms with Gasteiger partial charge in [-0.1, -0.05) is 12.2 Å². The lowest BCUT2D eigenvalue weighted by atomic mass is 10.4. The van der Waals surface area contributed by atoms with Gasteiger partial charge in [0.25, 0.3) is 0 Å². The summed E-state index contributed by atoms with van der Waals surface area (Å²) in [7, 11) is 0. The lowest BCUT2D eigenvalue weighted by molar-refractivity contribution is 0.544. The zero-order valence-electron chi connectivity index (χ0n) is 6.25. The van der Waals surface area contributed by atoms with E-state index in [0.29, 0.717) is 0 Å². The first-order valence-electron chi connectivity index (χ1n) is 3.63. The maximum Gasteiger partial charge on any atom is 0.111 e. The van der Waals surface area contributed by atoms with Crippen molar-refractivity contribution in [3.63, 3.8) is 0 Å². The van der Waals surface area contributed by atoms with Crippen LogP contribution in [-0.4, -0.2) is 24.0 Å². The normalized spacial score (nSPS) is 30.4. The molecule has 0 saturated carbocycles. The van der Waals surface area contributed by atoms with Crippen LogP contribution in [-0.2, 0) is 0 Å². The highest BCUT2D eigenvalue weighted by atomic mass is 15.3. The first kappa shape index (κ1) is 7.30. The van der Waals surface area contributed by atoms with Crippen molar-refractivity contribution >= 4 is 0 Å². The molecule has 0 spiro atoms. The molecule has 2 heteroatoms. The molecule has 0 aromatic heterocycles. The summed E-state index contributed by atoms with van der Waals surface area (Å²) in [6.45, 7) is 4.04. The van der Waals surface area contributed by atoms with Gasteiger partial charge in [-0.25, -0.2) is 0 Å². The van der Waals surface area contributed by atoms with Crippen molar-refractivity contribution in [1.82, 2.24) is 4.90 Å². The molecule has 0 bridgehead atoms. The highest BCUT2D eigenvalue weighted by Gasteiger charge is 2.32. The molecule has 2 unspecified atom stereocenters. The second-order valence-corrected chi connectivity index (χ2v) is 2.50. The minimum atomic E-state index is 0.227. The average molecular weight is 136 g/mol. The van der Waals surface area contributed by atoms with Crippen LogP contribution in [0.3, 0.4) is 0 Å². The van der Waals surface area contributed by atoms with Gasteiger partial charge in [0.05, 0.1) is 6.07 Å². The van der Waals surface area contributed by atoms with E-state index in [2.05, 4.69) is 17.0 Å². The molecule has 0 aromatic carbocycles. The Morgan fingerprint density at radius 1 is 1.80 bits per heavy atom. The van der Waals surface area contributed by atoms with Crippen LogP contribution >= 0.6 is 0 Å². The van der Waals surface area contributed by atoms with Crippen LogP contribution < -0.4 is 0 Å². The minimum Gasteiger partial charge on any atom is -0.284 e. The Labute approximate surface area is 61.8 Å². The Balaban J connectivity index is 2.03. The second-order valence-electron chi connectivity index (χ2n) is 2.50. The van der Waals surface area contributed by atoms with Crippen LogP contribution in [0.15, 0.2) is 12.2 Å². The summed E-state index contributed by atoms with van der Waals surface area (Å²) in [4.78, 5) is 2.17. The van der Waals surface area contributed by atoms with Gasteiger partial charge in [-0.3, -0.25) is 4.90 Å². The molecule has 0 aromatic rings. The highest BCUT2D eigenvalue weighted by Crippen LogP contribution is 2.15. The monoisotopic (exact) mass is 136 g/mol. The Kier molecular flexibility index (Phi) is 2.47. The molecule has 2 nitrogen and oxygen atoms in total. The van der Waals surface area contributed by atoms with Gasteiger partial charge >= 0.3 is 0 Å². The summed E-state index contributed by atoms with van der Waals surface area (Å²) >= 11 is 0. The van der Waals surface area contributed by atoms with Gasteiger partial charge < -0.3 is 0 Å². The molecular weight excluding hydrogens is 124 g/mol. The molecule has 1 aliphatic rings. The van der Waals surface area contributed by atoms with E-state index in [1.807, 2.05) is 13.0 Å². The van der Waals surface area contributed by atoms with Gasteiger partial charge in [-0.05, 0) is 13.3 Å². The van der Waals surface area contributed by atoms with Crippen molar-refractivity contribution < 1.29 is 0 Å². The molecule has 1 heterocycles. The Bertz CT molecular complexity index is 167. The molecule has 1 aliphatic heterocycles. The number of nitrogens with zero attached hydrogens (tertiary/aromatic N) is 2. The predicted octanol–water partition coefficient (Wildman–Crippen LogP) is 1.16. The van der Waals surface area contributed by atoms with Crippen molar-refractivity contribution in [2.75, 3.05) is 13.1 Å². The summed E-state index contributed by atoms with van der Waals surface area (Å²) in [6, 6.07) is 2.44. The number of rotatable bonds is 3. The molecule has 0 aliphatic carbocycles. The number of hydrogen-bond acceptors (Lipinski definition) is 2. The third-order valence-corrected chi connectivity index (χ3v) is 1.68. The largest absolute Gasteiger partial charge is 0.284 e. The molecule has 0 amide bonds. The second kappa shape index (κ2) is 3.38. The van der Waals surface area contributed by atoms with Gasteiger partial charge in [0.2, 0.25) is 0 Å². The van der Waals surface area contributed by atoms with Crippen molar-refractivity contribution in [1.29, 1.82) is 5.26 Å². The molecular formula is C8H12N2. The smallest absolute Gasteiger partial charge is 0.111 e. The van der Waals surface area contributed by atoms with E-state index in [1.54, 1.807) is 0 Å². The summed E-state index contributed by atoms with van der Waals surface area (Å²) in [6.07, 6.45) is 5.26. The SMILES string of the molecule is C/C=C/CCN1CC1C#N. The topological polar surface area (TPSA) is 26.8 Å². The fraction of sp³-hybridized carbons (Fsp3) is 0.625. The number of hydrogen-bond donors (Lipinski definition) is 0. The van der Waals surface area contributed by atoms with Gasteiger partial charge in [0, 0.05) is 13.1 Å². The summed E-state index contributed by atoms with van der Waals surface area (Å²) in [5.41, 5.74) is 0. The third kappa shape index (κ3) is 1.85. The average Bonchev–Trinajstić information content (AvgIpc) is 2.68. The number of allylic oxidation sites excluding steroid dienone is 1. The van der Waals surface area contributed by atoms with Gasteiger partial charge in [-0.2, -0.15) is 5.26 Å². The van der Waals surface area contributed by atoms with E-state index in [1.165, 1.54) is 0 Å². The lowest BCUT2D eigenvalue weighted by Crippen LogP contribution is -2.00. The van der Waals surface area contributed by atoms with Crippen molar-refractivity contribution in [2.45, 2.75) is 19.4 Å². The number of nitriles is 1.